The van der Waals surface area contributed by atoms with Crippen molar-refractivity contribution in [2.24, 2.45) is 5.41 Å². The molecule has 1 rings (SSSR count). The summed E-state index contributed by atoms with van der Waals surface area (Å²) < 4.78 is 6.16. The fraction of sp³-hybridized carbons (Fsp3) is 0.455. The van der Waals surface area contributed by atoms with Crippen molar-refractivity contribution >= 4 is 34.2 Å². The smallest absolute Gasteiger partial charge is 0.312 e. The first-order valence-corrected chi connectivity index (χ1v) is 6.46. The molecular weight excluding hydrogens is 306 g/mol. The third-order valence-corrected chi connectivity index (χ3v) is 3.51. The Bertz CT molecular complexity index is 423. The number of thiol groups is 1. The fourth-order valence-corrected chi connectivity index (χ4v) is 1.51. The molecule has 0 spiro atoms. The van der Waals surface area contributed by atoms with E-state index >= 15 is 0 Å². The van der Waals surface area contributed by atoms with E-state index in [1.54, 1.807) is 12.1 Å². The van der Waals surface area contributed by atoms with E-state index in [-0.39, 0.29) is 16.9 Å². The molecule has 0 unspecified atom stereocenters. The Morgan fingerprint density at radius 2 is 2.18 bits per heavy atom. The molecule has 0 bridgehead atoms. The van der Waals surface area contributed by atoms with Crippen LogP contribution in [0, 0.1) is 15.5 Å². The summed E-state index contributed by atoms with van der Waals surface area (Å²) in [5, 5.41) is 10.9. The maximum Gasteiger partial charge on any atom is 0.312 e. The largest absolute Gasteiger partial charge is 0.486 e. The normalized spacial score (nSPS) is 11.3. The van der Waals surface area contributed by atoms with E-state index in [1.807, 2.05) is 13.8 Å². The van der Waals surface area contributed by atoms with Crippen LogP contribution in [0.4, 0.5) is 5.69 Å². The molecule has 0 amide bonds. The second kappa shape index (κ2) is 5.73. The Morgan fingerprint density at radius 3 is 2.71 bits per heavy atom. The highest BCUT2D eigenvalue weighted by atomic mass is 79.9. The number of nitro groups is 1. The van der Waals surface area contributed by atoms with E-state index in [9.17, 15) is 10.1 Å². The molecule has 0 aliphatic carbocycles. The van der Waals surface area contributed by atoms with Gasteiger partial charge >= 0.3 is 5.69 Å². The molecule has 0 N–H and O–H groups in total. The highest BCUT2D eigenvalue weighted by Crippen LogP contribution is 2.31. The van der Waals surface area contributed by atoms with Gasteiger partial charge in [0, 0.05) is 16.0 Å². The lowest BCUT2D eigenvalue weighted by Gasteiger charge is -2.21. The molecule has 4 nitrogen and oxygen atoms in total. The Morgan fingerprint density at radius 1 is 1.53 bits per heavy atom. The minimum absolute atomic E-state index is 0.0330. The molecule has 0 fully saturated rings. The molecule has 0 radical (unpaired) electrons. The summed E-state index contributed by atoms with van der Waals surface area (Å²) in [6.07, 6.45) is 0. The quantitative estimate of drug-likeness (QED) is 0.511. The topological polar surface area (TPSA) is 52.4 Å². The van der Waals surface area contributed by atoms with Gasteiger partial charge in [0.1, 0.15) is 0 Å². The fourth-order valence-electron chi connectivity index (χ4n) is 1.07. The van der Waals surface area contributed by atoms with Crippen molar-refractivity contribution < 1.29 is 9.66 Å². The van der Waals surface area contributed by atoms with Crippen molar-refractivity contribution in [2.75, 3.05) is 12.4 Å². The maximum atomic E-state index is 10.9. The van der Waals surface area contributed by atoms with Gasteiger partial charge in [-0.3, -0.25) is 10.1 Å². The summed E-state index contributed by atoms with van der Waals surface area (Å²) in [5.41, 5.74) is -0.154. The lowest BCUT2D eigenvalue weighted by atomic mass is 9.98. The molecule has 1 aromatic carbocycles. The van der Waals surface area contributed by atoms with Crippen LogP contribution in [0.3, 0.4) is 0 Å². The van der Waals surface area contributed by atoms with Crippen molar-refractivity contribution in [2.45, 2.75) is 13.8 Å². The first-order valence-electron chi connectivity index (χ1n) is 5.03. The molecular formula is C11H14BrNO3S. The minimum Gasteiger partial charge on any atom is -0.486 e. The number of nitro benzene ring substituents is 1. The number of halogens is 1. The molecule has 0 atom stereocenters. The molecule has 0 heterocycles. The van der Waals surface area contributed by atoms with Crippen LogP contribution in [-0.4, -0.2) is 17.3 Å². The monoisotopic (exact) mass is 319 g/mol. The van der Waals surface area contributed by atoms with Gasteiger partial charge in [0.05, 0.1) is 11.5 Å². The predicted octanol–water partition coefficient (Wildman–Crippen LogP) is 3.69. The zero-order valence-electron chi connectivity index (χ0n) is 9.64. The zero-order chi connectivity index (χ0) is 13.1. The maximum absolute atomic E-state index is 10.9. The van der Waals surface area contributed by atoms with Crippen LogP contribution in [0.1, 0.15) is 13.8 Å². The number of rotatable bonds is 5. The average molecular weight is 320 g/mol. The lowest BCUT2D eigenvalue weighted by Crippen LogP contribution is -2.23. The summed E-state index contributed by atoms with van der Waals surface area (Å²) in [4.78, 5) is 10.4. The molecule has 0 saturated carbocycles. The van der Waals surface area contributed by atoms with Crippen LogP contribution in [0.2, 0.25) is 0 Å². The SMILES string of the molecule is CC(C)(CS)COc1ccc(Br)cc1[N+](=O)[O-]. The second-order valence-corrected chi connectivity index (χ2v) is 5.71. The molecule has 6 heteroatoms. The van der Waals surface area contributed by atoms with Crippen LogP contribution in [-0.2, 0) is 0 Å². The summed E-state index contributed by atoms with van der Waals surface area (Å²) in [6, 6.07) is 4.75. The average Bonchev–Trinajstić information content (AvgIpc) is 2.27. The molecule has 94 valence electrons. The van der Waals surface area contributed by atoms with E-state index in [4.69, 9.17) is 4.74 Å². The number of benzene rings is 1. The highest BCUT2D eigenvalue weighted by Gasteiger charge is 2.20. The van der Waals surface area contributed by atoms with Gasteiger partial charge in [-0.2, -0.15) is 12.6 Å². The summed E-state index contributed by atoms with van der Waals surface area (Å²) >= 11 is 7.41. The van der Waals surface area contributed by atoms with Gasteiger partial charge in [-0.05, 0) is 17.9 Å². The van der Waals surface area contributed by atoms with Gasteiger partial charge in [0.15, 0.2) is 5.75 Å². The van der Waals surface area contributed by atoms with E-state index in [0.29, 0.717) is 16.8 Å². The second-order valence-electron chi connectivity index (χ2n) is 4.48. The molecule has 0 aliphatic rings. The van der Waals surface area contributed by atoms with Crippen LogP contribution in [0.15, 0.2) is 22.7 Å². The van der Waals surface area contributed by atoms with Gasteiger partial charge in [0.25, 0.3) is 0 Å². The number of hydrogen-bond acceptors (Lipinski definition) is 4. The number of nitrogens with zero attached hydrogens (tertiary/aromatic N) is 1. The Labute approximate surface area is 114 Å². The van der Waals surface area contributed by atoms with Crippen molar-refractivity contribution in [3.63, 3.8) is 0 Å². The van der Waals surface area contributed by atoms with Gasteiger partial charge in [-0.25, -0.2) is 0 Å². The summed E-state index contributed by atoms with van der Waals surface area (Å²) in [6.45, 7) is 4.37. The number of ether oxygens (including phenoxy) is 1. The van der Waals surface area contributed by atoms with Gasteiger partial charge in [-0.1, -0.05) is 29.8 Å². The van der Waals surface area contributed by atoms with Crippen molar-refractivity contribution in [3.05, 3.63) is 32.8 Å². The standard InChI is InChI=1S/C11H14BrNO3S/c1-11(2,7-17)6-16-10-4-3-8(12)5-9(10)13(14)15/h3-5,17H,6-7H2,1-2H3. The molecule has 17 heavy (non-hydrogen) atoms. The van der Waals surface area contributed by atoms with E-state index < -0.39 is 4.92 Å². The van der Waals surface area contributed by atoms with Crippen LogP contribution < -0.4 is 4.74 Å². The Balaban J connectivity index is 2.88. The van der Waals surface area contributed by atoms with Crippen LogP contribution in [0.25, 0.3) is 0 Å². The van der Waals surface area contributed by atoms with Gasteiger partial charge in [-0.15, -0.1) is 0 Å². The Kier molecular flexibility index (Phi) is 4.82. The van der Waals surface area contributed by atoms with Crippen molar-refractivity contribution in [3.8, 4) is 5.75 Å². The molecule has 0 aliphatic heterocycles. The minimum atomic E-state index is -0.451. The van der Waals surface area contributed by atoms with Gasteiger partial charge < -0.3 is 4.74 Å². The summed E-state index contributed by atoms with van der Waals surface area (Å²) in [5.74, 6) is 0.935. The third kappa shape index (κ3) is 4.20. The van der Waals surface area contributed by atoms with Crippen molar-refractivity contribution in [1.29, 1.82) is 0 Å². The van der Waals surface area contributed by atoms with E-state index in [1.165, 1.54) is 6.07 Å². The Hall–Kier alpha value is -0.750. The van der Waals surface area contributed by atoms with E-state index in [2.05, 4.69) is 28.6 Å². The first-order chi connectivity index (χ1) is 7.85. The highest BCUT2D eigenvalue weighted by molar-refractivity contribution is 9.10. The van der Waals surface area contributed by atoms with E-state index in [0.717, 1.165) is 0 Å². The van der Waals surface area contributed by atoms with Crippen LogP contribution in [0.5, 0.6) is 5.75 Å². The van der Waals surface area contributed by atoms with Gasteiger partial charge in [0.2, 0.25) is 0 Å². The molecule has 1 aromatic rings. The van der Waals surface area contributed by atoms with Crippen molar-refractivity contribution in [1.82, 2.24) is 0 Å². The molecule has 0 aromatic heterocycles. The number of hydrogen-bond donors (Lipinski definition) is 1. The zero-order valence-corrected chi connectivity index (χ0v) is 12.1. The first kappa shape index (κ1) is 14.3. The summed E-state index contributed by atoms with van der Waals surface area (Å²) in [7, 11) is 0. The third-order valence-electron chi connectivity index (χ3n) is 2.16. The molecule has 0 saturated heterocycles. The lowest BCUT2D eigenvalue weighted by molar-refractivity contribution is -0.386. The van der Waals surface area contributed by atoms with Crippen LogP contribution >= 0.6 is 28.6 Å². The predicted molar refractivity (Wildman–Crippen MR) is 73.9 cm³/mol.